The fourth-order valence-electron chi connectivity index (χ4n) is 2.47. The van der Waals surface area contributed by atoms with Crippen molar-refractivity contribution in [3.63, 3.8) is 0 Å². The lowest BCUT2D eigenvalue weighted by molar-refractivity contribution is 0.357. The highest BCUT2D eigenvalue weighted by atomic mass is 14.5. The molecule has 0 aliphatic rings. The number of hydrogen-bond donors (Lipinski definition) is 1. The Bertz CT molecular complexity index is 156. The molecule has 0 bridgehead atoms. The van der Waals surface area contributed by atoms with Gasteiger partial charge in [0.1, 0.15) is 0 Å². The second-order valence-electron chi connectivity index (χ2n) is 5.98. The molecule has 0 aromatic heterocycles. The van der Waals surface area contributed by atoms with Crippen LogP contribution in [0.25, 0.3) is 0 Å². The second kappa shape index (κ2) is 11.1. The Morgan fingerprint density at radius 1 is 0.765 bits per heavy atom. The van der Waals surface area contributed by atoms with Crippen LogP contribution < -0.4 is 5.73 Å². The van der Waals surface area contributed by atoms with Gasteiger partial charge in [0.05, 0.1) is 0 Å². The van der Waals surface area contributed by atoms with Gasteiger partial charge in [-0.05, 0) is 30.7 Å². The summed E-state index contributed by atoms with van der Waals surface area (Å²) in [5.41, 5.74) is 5.64. The van der Waals surface area contributed by atoms with Crippen LogP contribution in [-0.2, 0) is 0 Å². The zero-order valence-corrected chi connectivity index (χ0v) is 12.7. The molecule has 0 rings (SSSR count). The maximum absolute atomic E-state index is 5.64. The third-order valence-electron chi connectivity index (χ3n) is 4.31. The summed E-state index contributed by atoms with van der Waals surface area (Å²) < 4.78 is 0. The maximum Gasteiger partial charge on any atom is -0.00746 e. The molecule has 1 unspecified atom stereocenters. The van der Waals surface area contributed by atoms with Gasteiger partial charge in [0.2, 0.25) is 0 Å². The van der Waals surface area contributed by atoms with E-state index >= 15 is 0 Å². The third-order valence-corrected chi connectivity index (χ3v) is 4.31. The van der Waals surface area contributed by atoms with E-state index in [1.54, 1.807) is 0 Å². The average molecular weight is 241 g/mol. The van der Waals surface area contributed by atoms with Gasteiger partial charge in [0.15, 0.2) is 0 Å². The molecule has 0 aliphatic heterocycles. The van der Waals surface area contributed by atoms with Crippen LogP contribution in [0.3, 0.4) is 0 Å². The molecule has 104 valence electrons. The molecule has 0 amide bonds. The van der Waals surface area contributed by atoms with Crippen LogP contribution in [0.4, 0.5) is 0 Å². The predicted molar refractivity (Wildman–Crippen MR) is 79.2 cm³/mol. The first-order chi connectivity index (χ1) is 8.13. The van der Waals surface area contributed by atoms with Crippen molar-refractivity contribution in [1.82, 2.24) is 0 Å². The summed E-state index contributed by atoms with van der Waals surface area (Å²) in [6, 6.07) is 0. The molecule has 3 atom stereocenters. The normalized spacial score (nSPS) is 16.8. The lowest BCUT2D eigenvalue weighted by Crippen LogP contribution is -2.09. The van der Waals surface area contributed by atoms with Gasteiger partial charge in [0, 0.05) is 0 Å². The molecule has 0 heterocycles. The van der Waals surface area contributed by atoms with Gasteiger partial charge in [-0.2, -0.15) is 0 Å². The second-order valence-corrected chi connectivity index (χ2v) is 5.98. The fourth-order valence-corrected chi connectivity index (χ4v) is 2.47. The van der Waals surface area contributed by atoms with Crippen molar-refractivity contribution in [1.29, 1.82) is 0 Å². The zero-order chi connectivity index (χ0) is 13.1. The first-order valence-corrected chi connectivity index (χ1v) is 7.83. The van der Waals surface area contributed by atoms with Crippen LogP contribution >= 0.6 is 0 Å². The predicted octanol–water partition coefficient (Wildman–Crippen LogP) is 4.99. The molecule has 0 saturated heterocycles. The SMILES string of the molecule is CCC(CCN)CC[C@H](C)CCC[C@H](C)CC. The molecule has 0 aromatic rings. The quantitative estimate of drug-likeness (QED) is 0.541. The highest BCUT2D eigenvalue weighted by Gasteiger charge is 2.09. The Kier molecular flexibility index (Phi) is 11.0. The van der Waals surface area contributed by atoms with Gasteiger partial charge in [-0.15, -0.1) is 0 Å². The van der Waals surface area contributed by atoms with Crippen molar-refractivity contribution >= 4 is 0 Å². The molecule has 17 heavy (non-hydrogen) atoms. The molecule has 0 aromatic carbocycles. The maximum atomic E-state index is 5.64. The summed E-state index contributed by atoms with van der Waals surface area (Å²) in [4.78, 5) is 0. The highest BCUT2D eigenvalue weighted by molar-refractivity contribution is 4.62. The van der Waals surface area contributed by atoms with Crippen LogP contribution in [0.15, 0.2) is 0 Å². The standard InChI is InChI=1S/C16H35N/c1-5-14(3)8-7-9-15(4)10-11-16(6-2)12-13-17/h14-16H,5-13,17H2,1-4H3/t14-,15-,16?/m1/s1. The van der Waals surface area contributed by atoms with Crippen molar-refractivity contribution < 1.29 is 0 Å². The van der Waals surface area contributed by atoms with Gasteiger partial charge in [-0.1, -0.05) is 72.6 Å². The monoisotopic (exact) mass is 241 g/mol. The van der Waals surface area contributed by atoms with Crippen LogP contribution in [-0.4, -0.2) is 6.54 Å². The molecular weight excluding hydrogens is 206 g/mol. The van der Waals surface area contributed by atoms with E-state index in [-0.39, 0.29) is 0 Å². The van der Waals surface area contributed by atoms with Gasteiger partial charge < -0.3 is 5.73 Å². The summed E-state index contributed by atoms with van der Waals surface area (Å²) >= 11 is 0. The molecule has 0 saturated carbocycles. The van der Waals surface area contributed by atoms with E-state index in [1.807, 2.05) is 0 Å². The number of rotatable bonds is 11. The van der Waals surface area contributed by atoms with Crippen LogP contribution in [0, 0.1) is 17.8 Å². The zero-order valence-electron chi connectivity index (χ0n) is 12.7. The molecule has 0 fully saturated rings. The summed E-state index contributed by atoms with van der Waals surface area (Å²) in [7, 11) is 0. The topological polar surface area (TPSA) is 26.0 Å². The summed E-state index contributed by atoms with van der Waals surface area (Å²) in [5.74, 6) is 2.70. The van der Waals surface area contributed by atoms with Crippen LogP contribution in [0.2, 0.25) is 0 Å². The van der Waals surface area contributed by atoms with E-state index in [2.05, 4.69) is 27.7 Å². The largest absolute Gasteiger partial charge is 0.330 e. The van der Waals surface area contributed by atoms with E-state index < -0.39 is 0 Å². The Morgan fingerprint density at radius 3 is 1.94 bits per heavy atom. The third kappa shape index (κ3) is 9.64. The molecule has 0 spiro atoms. The van der Waals surface area contributed by atoms with Crippen molar-refractivity contribution in [3.05, 3.63) is 0 Å². The first-order valence-electron chi connectivity index (χ1n) is 7.83. The van der Waals surface area contributed by atoms with Gasteiger partial charge in [-0.25, -0.2) is 0 Å². The minimum atomic E-state index is 0.862. The lowest BCUT2D eigenvalue weighted by atomic mass is 9.89. The minimum Gasteiger partial charge on any atom is -0.330 e. The first kappa shape index (κ1) is 17.0. The van der Waals surface area contributed by atoms with E-state index in [0.717, 1.165) is 24.3 Å². The Balaban J connectivity index is 3.53. The van der Waals surface area contributed by atoms with Gasteiger partial charge in [0.25, 0.3) is 0 Å². The van der Waals surface area contributed by atoms with Crippen molar-refractivity contribution in [2.24, 2.45) is 23.5 Å². The highest BCUT2D eigenvalue weighted by Crippen LogP contribution is 2.22. The lowest BCUT2D eigenvalue weighted by Gasteiger charge is -2.17. The molecule has 1 nitrogen and oxygen atoms in total. The van der Waals surface area contributed by atoms with Crippen molar-refractivity contribution in [2.75, 3.05) is 6.54 Å². The molecule has 1 heteroatoms. The number of hydrogen-bond acceptors (Lipinski definition) is 1. The average Bonchev–Trinajstić information content (AvgIpc) is 2.34. The Labute approximate surface area is 110 Å². The van der Waals surface area contributed by atoms with E-state index in [0.29, 0.717) is 0 Å². The van der Waals surface area contributed by atoms with Crippen LogP contribution in [0.1, 0.15) is 79.1 Å². The summed E-state index contributed by atoms with van der Waals surface area (Å²) in [6.07, 6.45) is 10.9. The van der Waals surface area contributed by atoms with E-state index in [1.165, 1.54) is 51.4 Å². The summed E-state index contributed by atoms with van der Waals surface area (Å²) in [5, 5.41) is 0. The van der Waals surface area contributed by atoms with Gasteiger partial charge >= 0.3 is 0 Å². The summed E-state index contributed by atoms with van der Waals surface area (Å²) in [6.45, 7) is 10.3. The fraction of sp³-hybridized carbons (Fsp3) is 1.00. The van der Waals surface area contributed by atoms with Crippen molar-refractivity contribution in [3.8, 4) is 0 Å². The molecule has 0 radical (unpaired) electrons. The van der Waals surface area contributed by atoms with Gasteiger partial charge in [-0.3, -0.25) is 0 Å². The van der Waals surface area contributed by atoms with Crippen LogP contribution in [0.5, 0.6) is 0 Å². The van der Waals surface area contributed by atoms with Crippen molar-refractivity contribution in [2.45, 2.75) is 79.1 Å². The minimum absolute atomic E-state index is 0.862. The Morgan fingerprint density at radius 2 is 1.41 bits per heavy atom. The van der Waals surface area contributed by atoms with E-state index in [4.69, 9.17) is 5.73 Å². The number of nitrogens with two attached hydrogens (primary N) is 1. The Hall–Kier alpha value is -0.0400. The molecule has 0 aliphatic carbocycles. The van der Waals surface area contributed by atoms with E-state index in [9.17, 15) is 0 Å². The molecular formula is C16H35N. The molecule has 2 N–H and O–H groups in total. The smallest absolute Gasteiger partial charge is 0.00746 e.